The van der Waals surface area contributed by atoms with Gasteiger partial charge in [-0.3, -0.25) is 0 Å². The second-order valence-corrected chi connectivity index (χ2v) is 5.73. The molecule has 0 bridgehead atoms. The van der Waals surface area contributed by atoms with Crippen molar-refractivity contribution in [1.29, 1.82) is 0 Å². The molecule has 1 aromatic rings. The highest BCUT2D eigenvalue weighted by atomic mass is 19.1. The fraction of sp³-hybridized carbons (Fsp3) is 0.533. The Morgan fingerprint density at radius 1 is 1.36 bits per heavy atom. The Hall–Kier alpha value is -1.86. The number of nitrogens with one attached hydrogen (secondary N) is 2. The predicted octanol–water partition coefficient (Wildman–Crippen LogP) is 1.91. The van der Waals surface area contributed by atoms with Crippen molar-refractivity contribution in [3.8, 4) is 5.75 Å². The molecule has 3 rings (SSSR count). The van der Waals surface area contributed by atoms with Crippen molar-refractivity contribution in [2.24, 2.45) is 0 Å². The fourth-order valence-corrected chi connectivity index (χ4v) is 2.77. The van der Waals surface area contributed by atoms with Crippen LogP contribution in [0.4, 0.5) is 14.9 Å². The first-order valence-corrected chi connectivity index (χ1v) is 7.41. The molecule has 0 aliphatic carbocycles. The van der Waals surface area contributed by atoms with E-state index in [1.54, 1.807) is 0 Å². The number of rotatable bonds is 2. The van der Waals surface area contributed by atoms with Gasteiger partial charge in [-0.05, 0) is 39.0 Å². The molecule has 2 heterocycles. The first-order chi connectivity index (χ1) is 10.6. The van der Waals surface area contributed by atoms with Crippen LogP contribution >= 0.6 is 0 Å². The van der Waals surface area contributed by atoms with Crippen LogP contribution in [0.25, 0.3) is 0 Å². The van der Waals surface area contributed by atoms with Crippen molar-refractivity contribution < 1.29 is 18.7 Å². The van der Waals surface area contributed by atoms with Gasteiger partial charge in [0.05, 0.1) is 12.3 Å². The summed E-state index contributed by atoms with van der Waals surface area (Å²) in [5.41, 5.74) is 0.935. The van der Waals surface area contributed by atoms with E-state index in [9.17, 15) is 9.18 Å². The number of fused-ring (bicyclic) bond motifs is 1. The molecule has 0 saturated carbocycles. The Kier molecular flexibility index (Phi) is 4.44. The second kappa shape index (κ2) is 6.50. The maximum absolute atomic E-state index is 13.6. The molecule has 0 radical (unpaired) electrons. The van der Waals surface area contributed by atoms with Crippen molar-refractivity contribution in [3.05, 3.63) is 23.5 Å². The first-order valence-electron chi connectivity index (χ1n) is 7.41. The maximum atomic E-state index is 13.6. The molecule has 6 nitrogen and oxygen atoms in total. The minimum absolute atomic E-state index is 0.101. The van der Waals surface area contributed by atoms with Crippen LogP contribution in [0.2, 0.25) is 0 Å². The van der Waals surface area contributed by atoms with Gasteiger partial charge in [-0.1, -0.05) is 0 Å². The molecule has 2 amide bonds. The van der Waals surface area contributed by atoms with Crippen LogP contribution in [0.5, 0.6) is 5.75 Å². The molecule has 2 N–H and O–H groups in total. The van der Waals surface area contributed by atoms with Crippen molar-refractivity contribution in [2.45, 2.75) is 25.5 Å². The minimum atomic E-state index is -0.428. The molecule has 0 unspecified atom stereocenters. The van der Waals surface area contributed by atoms with Crippen LogP contribution < -0.4 is 15.4 Å². The van der Waals surface area contributed by atoms with E-state index in [1.807, 2.05) is 0 Å². The third-order valence-corrected chi connectivity index (χ3v) is 3.98. The molecule has 22 heavy (non-hydrogen) atoms. The van der Waals surface area contributed by atoms with Gasteiger partial charge in [-0.25, -0.2) is 9.18 Å². The van der Waals surface area contributed by atoms with E-state index in [-0.39, 0.29) is 25.5 Å². The minimum Gasteiger partial charge on any atom is -0.465 e. The third kappa shape index (κ3) is 3.48. The van der Waals surface area contributed by atoms with E-state index in [0.717, 1.165) is 25.9 Å². The first kappa shape index (κ1) is 15.1. The van der Waals surface area contributed by atoms with Gasteiger partial charge in [0.25, 0.3) is 0 Å². The lowest BCUT2D eigenvalue weighted by atomic mass is 10.1. The van der Waals surface area contributed by atoms with Gasteiger partial charge in [0.15, 0.2) is 12.5 Å². The monoisotopic (exact) mass is 309 g/mol. The van der Waals surface area contributed by atoms with Gasteiger partial charge in [0, 0.05) is 17.7 Å². The molecule has 1 fully saturated rings. The topological polar surface area (TPSA) is 62.8 Å². The number of anilines is 1. The Balaban J connectivity index is 1.65. The van der Waals surface area contributed by atoms with E-state index in [2.05, 4.69) is 22.6 Å². The summed E-state index contributed by atoms with van der Waals surface area (Å²) in [6.45, 7) is 2.30. The maximum Gasteiger partial charge on any atom is 0.319 e. The van der Waals surface area contributed by atoms with Gasteiger partial charge >= 0.3 is 6.03 Å². The summed E-state index contributed by atoms with van der Waals surface area (Å²) < 4.78 is 24.1. The number of nitrogens with zero attached hydrogens (tertiary/aromatic N) is 1. The molecule has 2 aliphatic rings. The molecular weight excluding hydrogens is 289 g/mol. The quantitative estimate of drug-likeness (QED) is 0.876. The number of carbonyl (C=O) groups excluding carboxylic acids is 1. The van der Waals surface area contributed by atoms with E-state index in [0.29, 0.717) is 17.0 Å². The Morgan fingerprint density at radius 3 is 2.91 bits per heavy atom. The SMILES string of the molecule is CN1CCC(NC(=O)Nc2cc(F)cc3c2OCOC3)CC1. The van der Waals surface area contributed by atoms with E-state index >= 15 is 0 Å². The van der Waals surface area contributed by atoms with Gasteiger partial charge in [-0.2, -0.15) is 0 Å². The van der Waals surface area contributed by atoms with Crippen molar-refractivity contribution in [1.82, 2.24) is 10.2 Å². The lowest BCUT2D eigenvalue weighted by Gasteiger charge is -2.29. The van der Waals surface area contributed by atoms with Crippen LogP contribution in [0.15, 0.2) is 12.1 Å². The molecule has 1 saturated heterocycles. The number of urea groups is 1. The Morgan fingerprint density at radius 2 is 2.14 bits per heavy atom. The average molecular weight is 309 g/mol. The molecule has 0 atom stereocenters. The molecule has 0 aromatic heterocycles. The number of piperidine rings is 1. The highest BCUT2D eigenvalue weighted by molar-refractivity contribution is 5.91. The zero-order valence-corrected chi connectivity index (χ0v) is 12.5. The summed E-state index contributed by atoms with van der Waals surface area (Å²) in [5.74, 6) is 0.0496. The summed E-state index contributed by atoms with van der Waals surface area (Å²) in [4.78, 5) is 14.3. The van der Waals surface area contributed by atoms with E-state index in [4.69, 9.17) is 9.47 Å². The van der Waals surface area contributed by atoms with Crippen molar-refractivity contribution >= 4 is 11.7 Å². The lowest BCUT2D eigenvalue weighted by Crippen LogP contribution is -2.44. The average Bonchev–Trinajstić information content (AvgIpc) is 2.49. The van der Waals surface area contributed by atoms with Crippen molar-refractivity contribution in [2.75, 3.05) is 32.2 Å². The Bertz CT molecular complexity index is 559. The molecule has 0 spiro atoms. The lowest BCUT2D eigenvalue weighted by molar-refractivity contribution is -0.0160. The van der Waals surface area contributed by atoms with Crippen molar-refractivity contribution in [3.63, 3.8) is 0 Å². The number of ether oxygens (including phenoxy) is 2. The highest BCUT2D eigenvalue weighted by Gasteiger charge is 2.21. The van der Waals surface area contributed by atoms with Crippen LogP contribution in [-0.4, -0.2) is 43.9 Å². The number of benzene rings is 1. The normalized spacial score (nSPS) is 19.2. The molecule has 1 aromatic carbocycles. The number of amides is 2. The number of hydrogen-bond donors (Lipinski definition) is 2. The number of likely N-dealkylation sites (tertiary alicyclic amines) is 1. The van der Waals surface area contributed by atoms with Crippen LogP contribution in [0, 0.1) is 5.82 Å². The number of hydrogen-bond acceptors (Lipinski definition) is 4. The number of carbonyl (C=O) groups is 1. The molecular formula is C15H20FN3O3. The predicted molar refractivity (Wildman–Crippen MR) is 79.4 cm³/mol. The van der Waals surface area contributed by atoms with Crippen LogP contribution in [-0.2, 0) is 11.3 Å². The van der Waals surface area contributed by atoms with Gasteiger partial charge in [0.1, 0.15) is 5.82 Å². The highest BCUT2D eigenvalue weighted by Crippen LogP contribution is 2.33. The smallest absolute Gasteiger partial charge is 0.319 e. The van der Waals surface area contributed by atoms with Crippen LogP contribution in [0.1, 0.15) is 18.4 Å². The summed E-state index contributed by atoms with van der Waals surface area (Å²) >= 11 is 0. The molecule has 2 aliphatic heterocycles. The van der Waals surface area contributed by atoms with Gasteiger partial charge in [0.2, 0.25) is 0 Å². The number of halogens is 1. The summed E-state index contributed by atoms with van der Waals surface area (Å²) in [6, 6.07) is 2.43. The summed E-state index contributed by atoms with van der Waals surface area (Å²) in [7, 11) is 2.06. The standard InChI is InChI=1S/C15H20FN3O3/c1-19-4-2-12(3-5-19)17-15(20)18-13-7-11(16)6-10-8-21-9-22-14(10)13/h6-7,12H,2-5,8-9H2,1H3,(H2,17,18,20). The largest absolute Gasteiger partial charge is 0.465 e. The van der Waals surface area contributed by atoms with Gasteiger partial charge in [-0.15, -0.1) is 0 Å². The summed E-state index contributed by atoms with van der Waals surface area (Å²) in [5, 5.41) is 5.61. The third-order valence-electron chi connectivity index (χ3n) is 3.98. The van der Waals surface area contributed by atoms with Gasteiger partial charge < -0.3 is 25.0 Å². The molecule has 7 heteroatoms. The summed E-state index contributed by atoms with van der Waals surface area (Å²) in [6.07, 6.45) is 1.82. The Labute approximate surface area is 128 Å². The zero-order valence-electron chi connectivity index (χ0n) is 12.5. The zero-order chi connectivity index (χ0) is 15.5. The second-order valence-electron chi connectivity index (χ2n) is 5.73. The fourth-order valence-electron chi connectivity index (χ4n) is 2.77. The molecule has 120 valence electrons. The van der Waals surface area contributed by atoms with E-state index < -0.39 is 5.82 Å². The van der Waals surface area contributed by atoms with E-state index in [1.165, 1.54) is 12.1 Å². The van der Waals surface area contributed by atoms with Crippen LogP contribution in [0.3, 0.4) is 0 Å².